The van der Waals surface area contributed by atoms with Gasteiger partial charge in [0.05, 0.1) is 12.0 Å². The number of esters is 1. The van der Waals surface area contributed by atoms with Crippen molar-refractivity contribution in [1.29, 1.82) is 0 Å². The SMILES string of the molecule is CCOC(=O)[C@]1(CC)C[C@@H]2CC[C@H]1N2S(=O)(=O)c1ccc(CC)s1. The fourth-order valence-corrected chi connectivity index (χ4v) is 7.64. The van der Waals surface area contributed by atoms with Crippen LogP contribution in [-0.4, -0.2) is 37.4 Å². The molecule has 2 bridgehead atoms. The van der Waals surface area contributed by atoms with E-state index in [9.17, 15) is 13.2 Å². The zero-order chi connectivity index (χ0) is 17.5. The molecule has 0 saturated carbocycles. The smallest absolute Gasteiger partial charge is 0.313 e. The topological polar surface area (TPSA) is 63.7 Å². The van der Waals surface area contributed by atoms with Crippen LogP contribution >= 0.6 is 11.3 Å². The number of carbonyl (C=O) groups is 1. The summed E-state index contributed by atoms with van der Waals surface area (Å²) in [5, 5.41) is 0. The molecule has 0 unspecified atom stereocenters. The molecule has 7 heteroatoms. The average molecular weight is 372 g/mol. The Morgan fingerprint density at radius 1 is 1.33 bits per heavy atom. The lowest BCUT2D eigenvalue weighted by molar-refractivity contribution is -0.157. The van der Waals surface area contributed by atoms with Gasteiger partial charge in [0.25, 0.3) is 10.0 Å². The minimum Gasteiger partial charge on any atom is -0.466 e. The Morgan fingerprint density at radius 3 is 2.67 bits per heavy atom. The first-order valence-corrected chi connectivity index (χ1v) is 11.0. The number of aryl methyl sites for hydroxylation is 1. The van der Waals surface area contributed by atoms with Gasteiger partial charge in [0.15, 0.2) is 0 Å². The van der Waals surface area contributed by atoms with Crippen molar-refractivity contribution in [2.24, 2.45) is 5.41 Å². The van der Waals surface area contributed by atoms with E-state index in [4.69, 9.17) is 4.74 Å². The van der Waals surface area contributed by atoms with Gasteiger partial charge in [-0.3, -0.25) is 4.79 Å². The van der Waals surface area contributed by atoms with Gasteiger partial charge in [-0.1, -0.05) is 13.8 Å². The number of nitrogens with zero attached hydrogens (tertiary/aromatic N) is 1. The first-order valence-electron chi connectivity index (χ1n) is 8.70. The number of fused-ring (bicyclic) bond motifs is 2. The predicted octanol–water partition coefficient (Wildman–Crippen LogP) is 3.20. The van der Waals surface area contributed by atoms with Crippen LogP contribution in [0.5, 0.6) is 0 Å². The first-order chi connectivity index (χ1) is 11.4. The normalized spacial score (nSPS) is 30.0. The summed E-state index contributed by atoms with van der Waals surface area (Å²) in [6.45, 7) is 6.10. The molecule has 3 rings (SSSR count). The maximum atomic E-state index is 13.2. The highest BCUT2D eigenvalue weighted by atomic mass is 32.2. The Balaban J connectivity index is 1.96. The zero-order valence-corrected chi connectivity index (χ0v) is 16.1. The molecule has 0 amide bonds. The van der Waals surface area contributed by atoms with E-state index in [-0.39, 0.29) is 18.1 Å². The second-order valence-electron chi connectivity index (χ2n) is 6.59. The van der Waals surface area contributed by atoms with Gasteiger partial charge in [-0.15, -0.1) is 11.3 Å². The predicted molar refractivity (Wildman–Crippen MR) is 93.5 cm³/mol. The highest BCUT2D eigenvalue weighted by molar-refractivity contribution is 7.91. The van der Waals surface area contributed by atoms with Crippen molar-refractivity contribution in [2.45, 2.75) is 69.2 Å². The van der Waals surface area contributed by atoms with Crippen molar-refractivity contribution in [2.75, 3.05) is 6.61 Å². The Morgan fingerprint density at radius 2 is 2.08 bits per heavy atom. The maximum Gasteiger partial charge on any atom is 0.313 e. The zero-order valence-electron chi connectivity index (χ0n) is 14.4. The Labute approximate surface area is 148 Å². The van der Waals surface area contributed by atoms with Gasteiger partial charge in [-0.05, 0) is 51.2 Å². The molecule has 2 aliphatic rings. The van der Waals surface area contributed by atoms with Crippen molar-refractivity contribution < 1.29 is 17.9 Å². The fraction of sp³-hybridized carbons (Fsp3) is 0.706. The van der Waals surface area contributed by atoms with Crippen LogP contribution in [0.4, 0.5) is 0 Å². The molecule has 3 heterocycles. The summed E-state index contributed by atoms with van der Waals surface area (Å²) < 4.78 is 33.7. The summed E-state index contributed by atoms with van der Waals surface area (Å²) in [6.07, 6.45) is 3.59. The second-order valence-corrected chi connectivity index (χ2v) is 9.83. The number of hydrogen-bond donors (Lipinski definition) is 0. The van der Waals surface area contributed by atoms with Gasteiger partial charge >= 0.3 is 5.97 Å². The fourth-order valence-electron chi connectivity index (χ4n) is 4.30. The summed E-state index contributed by atoms with van der Waals surface area (Å²) in [7, 11) is -3.55. The van der Waals surface area contributed by atoms with E-state index >= 15 is 0 Å². The number of sulfonamides is 1. The van der Waals surface area contributed by atoms with Gasteiger partial charge in [-0.25, -0.2) is 8.42 Å². The van der Waals surface area contributed by atoms with E-state index in [1.165, 1.54) is 11.3 Å². The molecule has 5 nitrogen and oxygen atoms in total. The van der Waals surface area contributed by atoms with Crippen LogP contribution in [0.2, 0.25) is 0 Å². The van der Waals surface area contributed by atoms with E-state index < -0.39 is 15.4 Å². The van der Waals surface area contributed by atoms with Crippen molar-refractivity contribution >= 4 is 27.3 Å². The number of rotatable bonds is 6. The highest BCUT2D eigenvalue weighted by Gasteiger charge is 2.63. The third-order valence-electron chi connectivity index (χ3n) is 5.51. The number of ether oxygens (including phenoxy) is 1. The van der Waals surface area contributed by atoms with Gasteiger partial charge in [0, 0.05) is 17.0 Å². The highest BCUT2D eigenvalue weighted by Crippen LogP contribution is 2.54. The minimum absolute atomic E-state index is 0.0865. The summed E-state index contributed by atoms with van der Waals surface area (Å²) in [5.41, 5.74) is -0.684. The molecule has 2 fully saturated rings. The van der Waals surface area contributed by atoms with Crippen molar-refractivity contribution in [1.82, 2.24) is 4.31 Å². The molecule has 2 saturated heterocycles. The Bertz CT molecular complexity index is 727. The molecule has 24 heavy (non-hydrogen) atoms. The van der Waals surface area contributed by atoms with Crippen LogP contribution in [0.15, 0.2) is 16.3 Å². The second kappa shape index (κ2) is 6.42. The molecule has 0 spiro atoms. The third kappa shape index (κ3) is 2.52. The summed E-state index contributed by atoms with van der Waals surface area (Å²) in [4.78, 5) is 13.7. The van der Waals surface area contributed by atoms with Crippen molar-refractivity contribution in [3.05, 3.63) is 17.0 Å². The summed E-state index contributed by atoms with van der Waals surface area (Å²) in [6, 6.07) is 3.22. The molecule has 0 aromatic carbocycles. The van der Waals surface area contributed by atoms with E-state index in [1.54, 1.807) is 17.3 Å². The van der Waals surface area contributed by atoms with Crippen LogP contribution in [-0.2, 0) is 26.0 Å². The quantitative estimate of drug-likeness (QED) is 0.721. The lowest BCUT2D eigenvalue weighted by Crippen LogP contribution is -2.45. The van der Waals surface area contributed by atoms with Gasteiger partial charge in [-0.2, -0.15) is 4.31 Å². The molecule has 3 atom stereocenters. The van der Waals surface area contributed by atoms with Crippen LogP contribution in [0.3, 0.4) is 0 Å². The monoisotopic (exact) mass is 371 g/mol. The Hall–Kier alpha value is -0.920. The summed E-state index contributed by atoms with van der Waals surface area (Å²) >= 11 is 1.34. The Kier molecular flexibility index (Phi) is 4.79. The molecule has 0 aliphatic carbocycles. The minimum atomic E-state index is -3.55. The average Bonchev–Trinajstić information content (AvgIpc) is 3.28. The maximum absolute atomic E-state index is 13.2. The molecule has 134 valence electrons. The van der Waals surface area contributed by atoms with Crippen LogP contribution < -0.4 is 0 Å². The van der Waals surface area contributed by atoms with Crippen LogP contribution in [0.25, 0.3) is 0 Å². The number of thiophene rings is 1. The lowest BCUT2D eigenvalue weighted by atomic mass is 9.72. The van der Waals surface area contributed by atoms with Crippen LogP contribution in [0, 0.1) is 5.41 Å². The third-order valence-corrected chi connectivity index (χ3v) is 9.17. The van der Waals surface area contributed by atoms with Gasteiger partial charge in [0.2, 0.25) is 0 Å². The molecule has 0 N–H and O–H groups in total. The molecule has 0 radical (unpaired) electrons. The van der Waals surface area contributed by atoms with E-state index in [2.05, 4.69) is 0 Å². The van der Waals surface area contributed by atoms with Gasteiger partial charge in [0.1, 0.15) is 4.21 Å². The summed E-state index contributed by atoms with van der Waals surface area (Å²) in [5.74, 6) is -0.236. The van der Waals surface area contributed by atoms with Crippen molar-refractivity contribution in [3.63, 3.8) is 0 Å². The largest absolute Gasteiger partial charge is 0.466 e. The lowest BCUT2D eigenvalue weighted by Gasteiger charge is -2.33. The molecular weight excluding hydrogens is 346 g/mol. The molecule has 1 aromatic rings. The van der Waals surface area contributed by atoms with Crippen molar-refractivity contribution in [3.8, 4) is 0 Å². The van der Waals surface area contributed by atoms with Gasteiger partial charge < -0.3 is 4.74 Å². The van der Waals surface area contributed by atoms with E-state index in [0.29, 0.717) is 23.7 Å². The van der Waals surface area contributed by atoms with E-state index in [0.717, 1.165) is 24.1 Å². The molecule has 2 aliphatic heterocycles. The molecule has 1 aromatic heterocycles. The first kappa shape index (κ1) is 17.9. The number of carbonyl (C=O) groups excluding carboxylic acids is 1. The number of hydrogen-bond acceptors (Lipinski definition) is 5. The van der Waals surface area contributed by atoms with E-state index in [1.807, 2.05) is 19.9 Å². The van der Waals surface area contributed by atoms with Crippen LogP contribution in [0.1, 0.15) is 51.3 Å². The standard InChI is InChI=1S/C17H25NO4S2/c1-4-13-8-10-15(23-13)24(20,21)18-12-7-9-14(18)17(5-2,11-12)16(19)22-6-3/h8,10,12,14H,4-7,9,11H2,1-3H3/t12-,14+,17+/m0/s1. The molecular formula is C17H25NO4S2.